The number of carbonyl (C=O) groups excluding carboxylic acids is 3. The number of nitrogens with zero attached hydrogens (tertiary/aromatic N) is 1. The van der Waals surface area contributed by atoms with E-state index in [2.05, 4.69) is 5.32 Å². The lowest BCUT2D eigenvalue weighted by molar-refractivity contribution is 0.0733. The van der Waals surface area contributed by atoms with Gasteiger partial charge in [0.25, 0.3) is 15.9 Å². The van der Waals surface area contributed by atoms with Gasteiger partial charge in [0, 0.05) is 24.9 Å². The molecule has 0 saturated heterocycles. The number of ether oxygens (including phenoxy) is 3. The number of halogens is 3. The second-order valence-electron chi connectivity index (χ2n) is 9.25. The Bertz CT molecular complexity index is 1910. The van der Waals surface area contributed by atoms with Gasteiger partial charge in [0.15, 0.2) is 17.3 Å². The monoisotopic (exact) mass is 678 g/mol. The first-order valence-corrected chi connectivity index (χ1v) is 15.6. The van der Waals surface area contributed by atoms with Crippen molar-refractivity contribution >= 4 is 62.0 Å². The van der Waals surface area contributed by atoms with Crippen molar-refractivity contribution in [3.8, 4) is 17.2 Å². The average Bonchev–Trinajstić information content (AvgIpc) is 3.39. The van der Waals surface area contributed by atoms with E-state index < -0.39 is 44.2 Å². The molecule has 0 spiro atoms. The third kappa shape index (κ3) is 7.41. The summed E-state index contributed by atoms with van der Waals surface area (Å²) in [6, 6.07) is 11.6. The number of nitrogens with one attached hydrogen (secondary N) is 1. The van der Waals surface area contributed by atoms with E-state index in [9.17, 15) is 31.6 Å². The summed E-state index contributed by atoms with van der Waals surface area (Å²) in [5, 5.41) is 2.38. The molecule has 4 rings (SSSR count). The minimum absolute atomic E-state index is 0.0112. The molecule has 1 amide bonds. The van der Waals surface area contributed by atoms with Gasteiger partial charge in [-0.2, -0.15) is 0 Å². The van der Waals surface area contributed by atoms with E-state index in [0.717, 1.165) is 40.7 Å². The number of rotatable bonds is 11. The summed E-state index contributed by atoms with van der Waals surface area (Å²) in [6.07, 6.45) is 0. The van der Waals surface area contributed by atoms with Gasteiger partial charge in [-0.05, 0) is 62.4 Å². The van der Waals surface area contributed by atoms with E-state index in [1.54, 1.807) is 13.0 Å². The largest absolute Gasteiger partial charge is 0.493 e. The van der Waals surface area contributed by atoms with Crippen LogP contribution in [-0.2, 0) is 10.0 Å². The maximum atomic E-state index is 14.5. The molecule has 0 unspecified atom stereocenters. The lowest BCUT2D eigenvalue weighted by Crippen LogP contribution is -2.28. The highest BCUT2D eigenvalue weighted by molar-refractivity contribution is 7.93. The number of benzene rings is 3. The number of hydrogen-bond acceptors (Lipinski definition) is 9. The van der Waals surface area contributed by atoms with Crippen LogP contribution in [0.1, 0.15) is 44.2 Å². The number of anilines is 2. The Hall–Kier alpha value is -4.53. The zero-order chi connectivity index (χ0) is 33.1. The number of hydrogen-bond donors (Lipinski definition) is 1. The summed E-state index contributed by atoms with van der Waals surface area (Å²) in [6.45, 7) is 3.32. The number of methoxy groups -OCH3 is 1. The molecule has 0 aliphatic rings. The van der Waals surface area contributed by atoms with Crippen molar-refractivity contribution in [3.63, 3.8) is 0 Å². The molecule has 0 bridgehead atoms. The molecule has 0 aliphatic carbocycles. The van der Waals surface area contributed by atoms with Crippen molar-refractivity contribution in [1.29, 1.82) is 0 Å². The Morgan fingerprint density at radius 1 is 1.00 bits per heavy atom. The maximum Gasteiger partial charge on any atom is 0.343 e. The topological polar surface area (TPSA) is 128 Å². The first-order chi connectivity index (χ1) is 21.2. The second kappa shape index (κ2) is 13.6. The van der Waals surface area contributed by atoms with Crippen molar-refractivity contribution in [2.24, 2.45) is 0 Å². The summed E-state index contributed by atoms with van der Waals surface area (Å²) in [7, 11) is -1.68. The molecule has 0 saturated carbocycles. The predicted octanol–water partition coefficient (Wildman–Crippen LogP) is 6.59. The third-order valence-electron chi connectivity index (χ3n) is 6.25. The van der Waals surface area contributed by atoms with Crippen LogP contribution in [0.4, 0.5) is 20.2 Å². The molecule has 4 aromatic rings. The number of Topliss-reactive ketones (excluding diaryl/α,β-unsaturated/α-hetero) is 1. The molecule has 1 aromatic heterocycles. The van der Waals surface area contributed by atoms with Crippen molar-refractivity contribution in [3.05, 3.63) is 92.6 Å². The van der Waals surface area contributed by atoms with Crippen molar-refractivity contribution < 1.29 is 45.8 Å². The van der Waals surface area contributed by atoms with Gasteiger partial charge < -0.3 is 19.5 Å². The predicted molar refractivity (Wildman–Crippen MR) is 165 cm³/mol. The number of sulfonamides is 1. The number of esters is 1. The van der Waals surface area contributed by atoms with Crippen LogP contribution >= 0.6 is 22.9 Å². The quantitative estimate of drug-likeness (QED) is 0.107. The summed E-state index contributed by atoms with van der Waals surface area (Å²) in [5.41, 5.74) is -0.552. The van der Waals surface area contributed by atoms with E-state index in [4.69, 9.17) is 25.8 Å². The second-order valence-corrected chi connectivity index (χ2v) is 12.9. The fourth-order valence-corrected chi connectivity index (χ4v) is 6.96. The van der Waals surface area contributed by atoms with E-state index >= 15 is 0 Å². The van der Waals surface area contributed by atoms with Crippen molar-refractivity contribution in [1.82, 2.24) is 0 Å². The minimum atomic E-state index is -4.36. The van der Waals surface area contributed by atoms with Crippen LogP contribution < -0.4 is 23.8 Å². The van der Waals surface area contributed by atoms with Crippen LogP contribution in [0.2, 0.25) is 4.34 Å². The molecule has 3 aromatic carbocycles. The molecule has 0 fully saturated rings. The molecule has 1 heterocycles. The zero-order valence-electron chi connectivity index (χ0n) is 24.1. The van der Waals surface area contributed by atoms with E-state index in [1.807, 2.05) is 0 Å². The summed E-state index contributed by atoms with van der Waals surface area (Å²) >= 11 is 6.81. The number of thiophene rings is 1. The molecular formula is C30H25ClF2N2O8S2. The Morgan fingerprint density at radius 2 is 1.73 bits per heavy atom. The molecule has 1 N–H and O–H groups in total. The minimum Gasteiger partial charge on any atom is -0.493 e. The molecule has 236 valence electrons. The van der Waals surface area contributed by atoms with E-state index in [1.165, 1.54) is 39.3 Å². The van der Waals surface area contributed by atoms with E-state index in [0.29, 0.717) is 23.7 Å². The lowest BCUT2D eigenvalue weighted by Gasteiger charge is -2.21. The molecule has 0 atom stereocenters. The van der Waals surface area contributed by atoms with Gasteiger partial charge in [-0.15, -0.1) is 11.3 Å². The third-order valence-corrected chi connectivity index (χ3v) is 9.45. The normalized spacial score (nSPS) is 11.1. The standard InChI is InChI=1S/C30H25ClF2N2O8S2/c1-5-42-24-9-6-20(13-25(24)41-4)35(3)45(39,40)26-15-27(31)44-28(26)29(37)34-19-11-17(10-18(32)12-19)30(38)43-21-7-8-22(16(2)36)23(33)14-21/h6-15H,5H2,1-4H3,(H,34,37). The van der Waals surface area contributed by atoms with Gasteiger partial charge in [-0.1, -0.05) is 11.6 Å². The van der Waals surface area contributed by atoms with Crippen LogP contribution in [0.5, 0.6) is 17.2 Å². The number of carbonyl (C=O) groups is 3. The first kappa shape index (κ1) is 33.4. The molecule has 15 heteroatoms. The van der Waals surface area contributed by atoms with Crippen LogP contribution in [0.15, 0.2) is 65.6 Å². The molecule has 10 nitrogen and oxygen atoms in total. The van der Waals surface area contributed by atoms with Gasteiger partial charge in [0.2, 0.25) is 0 Å². The summed E-state index contributed by atoms with van der Waals surface area (Å²) < 4.78 is 72.7. The highest BCUT2D eigenvalue weighted by atomic mass is 35.5. The summed E-state index contributed by atoms with van der Waals surface area (Å²) in [4.78, 5) is 36.7. The van der Waals surface area contributed by atoms with Crippen LogP contribution in [0.25, 0.3) is 0 Å². The van der Waals surface area contributed by atoms with Crippen molar-refractivity contribution in [2.75, 3.05) is 30.4 Å². The van der Waals surface area contributed by atoms with Crippen LogP contribution in [0.3, 0.4) is 0 Å². The summed E-state index contributed by atoms with van der Waals surface area (Å²) in [5.74, 6) is -3.95. The SMILES string of the molecule is CCOc1ccc(N(C)S(=O)(=O)c2cc(Cl)sc2C(=O)Nc2cc(F)cc(C(=O)Oc3ccc(C(C)=O)c(F)c3)c2)cc1OC. The fraction of sp³-hybridized carbons (Fsp3) is 0.167. The lowest BCUT2D eigenvalue weighted by atomic mass is 10.1. The average molecular weight is 679 g/mol. The highest BCUT2D eigenvalue weighted by Gasteiger charge is 2.31. The van der Waals surface area contributed by atoms with Crippen molar-refractivity contribution in [2.45, 2.75) is 18.7 Å². The van der Waals surface area contributed by atoms with E-state index in [-0.39, 0.29) is 43.2 Å². The van der Waals surface area contributed by atoms with Gasteiger partial charge >= 0.3 is 5.97 Å². The Kier molecular flexibility index (Phi) is 10.1. The fourth-order valence-electron chi connectivity index (χ4n) is 4.09. The number of amides is 1. The van der Waals surface area contributed by atoms with Gasteiger partial charge in [0.05, 0.1) is 34.9 Å². The number of ketones is 1. The Labute approximate surface area is 266 Å². The Morgan fingerprint density at radius 3 is 2.38 bits per heavy atom. The van der Waals surface area contributed by atoms with Gasteiger partial charge in [-0.3, -0.25) is 13.9 Å². The smallest absolute Gasteiger partial charge is 0.343 e. The maximum absolute atomic E-state index is 14.5. The molecule has 0 aliphatic heterocycles. The molecule has 0 radical (unpaired) electrons. The molecular weight excluding hydrogens is 654 g/mol. The molecule has 45 heavy (non-hydrogen) atoms. The first-order valence-electron chi connectivity index (χ1n) is 13.0. The highest BCUT2D eigenvalue weighted by Crippen LogP contribution is 2.37. The van der Waals surface area contributed by atoms with Crippen LogP contribution in [0, 0.1) is 11.6 Å². The van der Waals surface area contributed by atoms with Gasteiger partial charge in [-0.25, -0.2) is 22.0 Å². The zero-order valence-corrected chi connectivity index (χ0v) is 26.5. The van der Waals surface area contributed by atoms with Crippen LogP contribution in [-0.4, -0.2) is 46.8 Å². The Balaban J connectivity index is 1.58. The van der Waals surface area contributed by atoms with Gasteiger partial charge in [0.1, 0.15) is 27.2 Å².